The minimum atomic E-state index is -0.530. The van der Waals surface area contributed by atoms with Crippen LogP contribution in [0.4, 0.5) is 0 Å². The summed E-state index contributed by atoms with van der Waals surface area (Å²) in [5, 5.41) is 2.63. The molecule has 0 aliphatic heterocycles. The van der Waals surface area contributed by atoms with E-state index >= 15 is 0 Å². The van der Waals surface area contributed by atoms with E-state index in [-0.39, 0.29) is 5.97 Å². The highest BCUT2D eigenvalue weighted by Crippen LogP contribution is 2.33. The fraction of sp³-hybridized carbons (Fsp3) is 0.400. The van der Waals surface area contributed by atoms with Gasteiger partial charge in [-0.05, 0) is 46.8 Å². The van der Waals surface area contributed by atoms with Crippen LogP contribution in [0.25, 0.3) is 5.16 Å². The minimum absolute atomic E-state index is 0.298. The molecule has 20 heavy (non-hydrogen) atoms. The summed E-state index contributed by atoms with van der Waals surface area (Å²) in [7, 11) is -0.530. The third-order valence-corrected chi connectivity index (χ3v) is 4.24. The Bertz CT molecular complexity index is 621. The Labute approximate surface area is 121 Å². The van der Waals surface area contributed by atoms with Crippen molar-refractivity contribution in [1.82, 2.24) is 9.97 Å². The number of hydrogen-bond acceptors (Lipinski definition) is 4. The van der Waals surface area contributed by atoms with Crippen molar-refractivity contribution < 1.29 is 9.53 Å². The fourth-order valence-corrected chi connectivity index (χ4v) is 3.42. The number of ether oxygens (including phenoxy) is 1. The van der Waals surface area contributed by atoms with Gasteiger partial charge in [0.1, 0.15) is 11.0 Å². The maximum atomic E-state index is 12.2. The van der Waals surface area contributed by atoms with E-state index in [2.05, 4.69) is 9.97 Å². The first-order chi connectivity index (χ1) is 9.26. The van der Waals surface area contributed by atoms with Crippen LogP contribution in [0.2, 0.25) is 0 Å². The Hall–Kier alpha value is -1.75. The quantitative estimate of drug-likeness (QED) is 0.624. The lowest BCUT2D eigenvalue weighted by Gasteiger charge is -2.17. The van der Waals surface area contributed by atoms with E-state index in [1.807, 2.05) is 52.1 Å². The number of aromatic nitrogens is 2. The molecular weight excluding hydrogens is 272 g/mol. The lowest BCUT2D eigenvalue weighted by Crippen LogP contribution is -2.23. The zero-order valence-corrected chi connectivity index (χ0v) is 13.2. The van der Waals surface area contributed by atoms with Crippen LogP contribution in [-0.4, -0.2) is 21.5 Å². The van der Waals surface area contributed by atoms with Gasteiger partial charge < -0.3 is 4.74 Å². The Morgan fingerprint density at radius 1 is 1.20 bits per heavy atom. The SMILES string of the molecule is Cc1cc(C)nc(-[s+]2cccc2C(=O)OC(C)(C)C)n1. The second-order valence-electron chi connectivity index (χ2n) is 5.63. The number of esters is 1. The zero-order chi connectivity index (χ0) is 14.9. The second-order valence-corrected chi connectivity index (χ2v) is 7.39. The fourth-order valence-electron chi connectivity index (χ4n) is 1.79. The number of rotatable bonds is 2. The van der Waals surface area contributed by atoms with Gasteiger partial charge in [0.2, 0.25) is 0 Å². The molecule has 1 atom stereocenters. The molecule has 0 aromatic carbocycles. The molecule has 0 radical (unpaired) electrons. The van der Waals surface area contributed by atoms with E-state index in [1.165, 1.54) is 0 Å². The topological polar surface area (TPSA) is 52.1 Å². The summed E-state index contributed by atoms with van der Waals surface area (Å²) in [6, 6.07) is 5.57. The maximum Gasteiger partial charge on any atom is 0.392 e. The van der Waals surface area contributed by atoms with Crippen LogP contribution in [0.1, 0.15) is 41.8 Å². The predicted molar refractivity (Wildman–Crippen MR) is 80.5 cm³/mol. The summed E-state index contributed by atoms with van der Waals surface area (Å²) in [5.74, 6) is -0.298. The van der Waals surface area contributed by atoms with Gasteiger partial charge in [0.15, 0.2) is 0 Å². The molecule has 2 aromatic heterocycles. The highest BCUT2D eigenvalue weighted by Gasteiger charge is 2.30. The summed E-state index contributed by atoms with van der Waals surface area (Å²) in [5.41, 5.74) is 1.31. The van der Waals surface area contributed by atoms with Crippen molar-refractivity contribution in [2.24, 2.45) is 0 Å². The molecule has 0 saturated heterocycles. The first-order valence-corrected chi connectivity index (χ1v) is 7.72. The highest BCUT2D eigenvalue weighted by atomic mass is 32.2. The van der Waals surface area contributed by atoms with Crippen molar-refractivity contribution in [3.63, 3.8) is 0 Å². The normalized spacial score (nSPS) is 12.3. The summed E-state index contributed by atoms with van der Waals surface area (Å²) in [6.07, 6.45) is 0. The molecular formula is C15H19N2O2S+. The smallest absolute Gasteiger partial charge is 0.392 e. The molecule has 0 bridgehead atoms. The van der Waals surface area contributed by atoms with Crippen molar-refractivity contribution in [3.8, 4) is 5.16 Å². The van der Waals surface area contributed by atoms with Gasteiger partial charge in [0.25, 0.3) is 4.88 Å². The standard InChI is InChI=1S/C15H19N2O2S/c1-10-9-11(2)17-14(16-10)20-8-6-7-12(20)13(18)19-15(3,4)5/h6-9H,1-5H3/q+1. The van der Waals surface area contributed by atoms with Gasteiger partial charge in [0.05, 0.1) is 10.5 Å². The van der Waals surface area contributed by atoms with E-state index in [4.69, 9.17) is 4.74 Å². The zero-order valence-electron chi connectivity index (χ0n) is 12.4. The lowest BCUT2D eigenvalue weighted by molar-refractivity contribution is 0.00750. The van der Waals surface area contributed by atoms with E-state index in [1.54, 1.807) is 6.07 Å². The monoisotopic (exact) mass is 291 g/mol. The molecule has 0 spiro atoms. The lowest BCUT2D eigenvalue weighted by atomic mass is 10.2. The first-order valence-electron chi connectivity index (χ1n) is 6.43. The molecule has 4 nitrogen and oxygen atoms in total. The van der Waals surface area contributed by atoms with Crippen molar-refractivity contribution in [2.75, 3.05) is 0 Å². The average Bonchev–Trinajstić information content (AvgIpc) is 2.73. The van der Waals surface area contributed by atoms with Gasteiger partial charge in [-0.1, -0.05) is 0 Å². The molecule has 0 N–H and O–H groups in total. The molecule has 0 amide bonds. The van der Waals surface area contributed by atoms with Gasteiger partial charge in [-0.25, -0.2) is 4.79 Å². The first kappa shape index (κ1) is 14.7. The molecule has 106 valence electrons. The van der Waals surface area contributed by atoms with Crippen LogP contribution < -0.4 is 0 Å². The molecule has 2 aromatic rings. The van der Waals surface area contributed by atoms with Crippen molar-refractivity contribution in [3.05, 3.63) is 39.8 Å². The summed E-state index contributed by atoms with van der Waals surface area (Å²) < 4.78 is 5.44. The number of aryl methyl sites for hydroxylation is 2. The Kier molecular flexibility index (Phi) is 3.90. The Morgan fingerprint density at radius 3 is 2.35 bits per heavy atom. The van der Waals surface area contributed by atoms with Crippen molar-refractivity contribution in [1.29, 1.82) is 0 Å². The van der Waals surface area contributed by atoms with Crippen LogP contribution in [0.5, 0.6) is 0 Å². The van der Waals surface area contributed by atoms with Gasteiger partial charge in [-0.2, -0.15) is 9.97 Å². The van der Waals surface area contributed by atoms with E-state index in [0.717, 1.165) is 11.4 Å². The number of hydrogen-bond donors (Lipinski definition) is 0. The molecule has 0 saturated carbocycles. The third kappa shape index (κ3) is 3.42. The van der Waals surface area contributed by atoms with Gasteiger partial charge in [-0.15, -0.1) is 0 Å². The largest absolute Gasteiger partial charge is 0.453 e. The van der Waals surface area contributed by atoms with Crippen LogP contribution in [0.15, 0.2) is 23.6 Å². The molecule has 0 aliphatic carbocycles. The molecule has 0 aliphatic rings. The maximum absolute atomic E-state index is 12.2. The summed E-state index contributed by atoms with van der Waals surface area (Å²) in [6.45, 7) is 9.44. The second kappa shape index (κ2) is 5.32. The Morgan fingerprint density at radius 2 is 1.80 bits per heavy atom. The number of carbonyl (C=O) groups is 1. The molecule has 0 fully saturated rings. The number of carbonyl (C=O) groups excluding carboxylic acids is 1. The molecule has 2 rings (SSSR count). The molecule has 5 heteroatoms. The molecule has 2 heterocycles. The van der Waals surface area contributed by atoms with Gasteiger partial charge in [-0.3, -0.25) is 0 Å². The van der Waals surface area contributed by atoms with Gasteiger partial charge >= 0.3 is 11.1 Å². The van der Waals surface area contributed by atoms with Crippen LogP contribution >= 0.6 is 10.5 Å². The number of nitrogens with zero attached hydrogens (tertiary/aromatic N) is 2. The van der Waals surface area contributed by atoms with Gasteiger partial charge in [0, 0.05) is 17.5 Å². The van der Waals surface area contributed by atoms with Crippen LogP contribution in [0, 0.1) is 13.8 Å². The van der Waals surface area contributed by atoms with Crippen molar-refractivity contribution in [2.45, 2.75) is 40.2 Å². The highest BCUT2D eigenvalue weighted by molar-refractivity contribution is 7.39. The van der Waals surface area contributed by atoms with E-state index in [9.17, 15) is 4.79 Å². The van der Waals surface area contributed by atoms with E-state index < -0.39 is 16.1 Å². The Balaban J connectivity index is 2.40. The predicted octanol–water partition coefficient (Wildman–Crippen LogP) is 3.79. The molecule has 1 unspecified atom stereocenters. The summed E-state index contributed by atoms with van der Waals surface area (Å²) in [4.78, 5) is 21.7. The summed E-state index contributed by atoms with van der Waals surface area (Å²) >= 11 is 0. The number of thiophene rings is 1. The minimum Gasteiger partial charge on any atom is -0.453 e. The van der Waals surface area contributed by atoms with E-state index in [0.29, 0.717) is 10.0 Å². The average molecular weight is 291 g/mol. The third-order valence-electron chi connectivity index (χ3n) is 2.46. The van der Waals surface area contributed by atoms with Crippen LogP contribution in [0.3, 0.4) is 0 Å². The van der Waals surface area contributed by atoms with Crippen molar-refractivity contribution >= 4 is 16.4 Å². The van der Waals surface area contributed by atoms with Crippen LogP contribution in [-0.2, 0) is 4.74 Å².